The summed E-state index contributed by atoms with van der Waals surface area (Å²) in [6.45, 7) is 3.52. The number of para-hydroxylation sites is 4. The van der Waals surface area contributed by atoms with Crippen molar-refractivity contribution in [3.63, 3.8) is 0 Å². The molecule has 12 atom stereocenters. The number of amides is 2. The van der Waals surface area contributed by atoms with E-state index in [1.165, 1.54) is 116 Å². The average Bonchev–Trinajstić information content (AvgIpc) is 1.62. The second kappa shape index (κ2) is 18.0. The molecule has 12 heteroatoms. The highest BCUT2D eigenvalue weighted by molar-refractivity contribution is 5.82. The number of anilines is 4. The second-order valence-electron chi connectivity index (χ2n) is 26.8. The molecule has 0 aromatic heterocycles. The molecular weight excluding hydrogens is 1030 g/mol. The van der Waals surface area contributed by atoms with Gasteiger partial charge in [0.05, 0.1) is 37.4 Å². The average molecular weight is 1110 g/mol. The van der Waals surface area contributed by atoms with Crippen molar-refractivity contribution in [1.82, 2.24) is 19.6 Å². The van der Waals surface area contributed by atoms with Crippen molar-refractivity contribution >= 4 is 34.9 Å². The summed E-state index contributed by atoms with van der Waals surface area (Å²) in [6.07, 6.45) is 13.5. The topological polar surface area (TPSA) is 114 Å². The second-order valence-corrected chi connectivity index (χ2v) is 26.8. The lowest BCUT2D eigenvalue weighted by Gasteiger charge is -2.49. The van der Waals surface area contributed by atoms with Gasteiger partial charge in [-0.15, -0.1) is 0 Å². The largest absolute Gasteiger partial charge is 0.453 e. The van der Waals surface area contributed by atoms with Crippen molar-refractivity contribution in [2.24, 2.45) is 11.8 Å². The fourth-order valence-electron chi connectivity index (χ4n) is 21.9. The number of carbonyl (C=O) groups excluding carboxylic acids is 2. The highest BCUT2D eigenvalue weighted by Gasteiger charge is 2.73. The third-order valence-electron chi connectivity index (χ3n) is 24.6. The van der Waals surface area contributed by atoms with Crippen LogP contribution >= 0.6 is 0 Å². The van der Waals surface area contributed by atoms with Gasteiger partial charge in [0.25, 0.3) is 0 Å². The van der Waals surface area contributed by atoms with Crippen LogP contribution in [0.5, 0.6) is 0 Å². The molecule has 6 fully saturated rings. The molecule has 12 aliphatic rings. The van der Waals surface area contributed by atoms with Crippen LogP contribution in [-0.4, -0.2) is 111 Å². The van der Waals surface area contributed by atoms with Gasteiger partial charge in [0, 0.05) is 70.6 Å². The Hall–Kier alpha value is -7.02. The summed E-state index contributed by atoms with van der Waals surface area (Å²) in [5.74, 6) is 1.28. The molecule has 0 bridgehead atoms. The molecule has 8 aliphatic heterocycles. The van der Waals surface area contributed by atoms with Crippen LogP contribution in [-0.2, 0) is 54.8 Å². The highest BCUT2D eigenvalue weighted by Crippen LogP contribution is 2.72. The van der Waals surface area contributed by atoms with Gasteiger partial charge in [-0.05, 0) is 158 Å². The quantitative estimate of drug-likeness (QED) is 0.136. The SMILES string of the molecule is C.CN1CC[C@]2(c3cccc4c3N[C@@H]3N(C)CC[C@]43[C@@]34CCC[C@@H]3Cc3ccccc34)c3ccccc3N[C@H]12.COC(=O)N1CC[C@]2(c3cccc4c3N[C@@H]3N(C(=O)OC)CC[C@]43[C@@]34CCC[C@@H]3Cc3ccccc34)c3ccccc3N[C@H]12. The van der Waals surface area contributed by atoms with E-state index in [0.29, 0.717) is 31.3 Å². The normalized spacial score (nSPS) is 35.2. The van der Waals surface area contributed by atoms with Crippen molar-refractivity contribution < 1.29 is 19.1 Å². The molecule has 4 N–H and O–H groups in total. The Morgan fingerprint density at radius 3 is 1.41 bits per heavy atom. The lowest BCUT2D eigenvalue weighted by atomic mass is 9.53. The lowest BCUT2D eigenvalue weighted by molar-refractivity contribution is 0.0993. The van der Waals surface area contributed by atoms with E-state index >= 15 is 0 Å². The first-order chi connectivity index (χ1) is 40.1. The van der Waals surface area contributed by atoms with E-state index in [9.17, 15) is 9.59 Å². The maximum Gasteiger partial charge on any atom is 0.411 e. The molecule has 4 aliphatic carbocycles. The number of fused-ring (bicyclic) bond motifs is 20. The minimum absolute atomic E-state index is 0. The molecule has 6 aromatic carbocycles. The number of hydrogen-bond acceptors (Lipinski definition) is 10. The molecule has 2 saturated carbocycles. The molecular formula is C71H80N8O4. The first-order valence-electron chi connectivity index (χ1n) is 30.9. The van der Waals surface area contributed by atoms with E-state index in [2.05, 4.69) is 173 Å². The third-order valence-corrected chi connectivity index (χ3v) is 24.6. The van der Waals surface area contributed by atoms with E-state index in [1.807, 2.05) is 15.9 Å². The number of rotatable bonds is 4. The monoisotopic (exact) mass is 1110 g/mol. The summed E-state index contributed by atoms with van der Waals surface area (Å²) in [5, 5.41) is 15.9. The number of likely N-dealkylation sites (tertiary alicyclic amines) is 4. The van der Waals surface area contributed by atoms with Gasteiger partial charge < -0.3 is 30.7 Å². The summed E-state index contributed by atoms with van der Waals surface area (Å²) in [5.41, 5.74) is 18.9. The molecule has 0 spiro atoms. The van der Waals surface area contributed by atoms with Crippen LogP contribution in [0, 0.1) is 11.8 Å². The maximum absolute atomic E-state index is 13.4. The van der Waals surface area contributed by atoms with Crippen LogP contribution in [0.1, 0.15) is 127 Å². The van der Waals surface area contributed by atoms with Crippen LogP contribution in [0.15, 0.2) is 133 Å². The van der Waals surface area contributed by atoms with E-state index in [0.717, 1.165) is 55.9 Å². The Bertz CT molecular complexity index is 3680. The Morgan fingerprint density at radius 1 is 0.422 bits per heavy atom. The molecule has 2 amide bonds. The molecule has 0 unspecified atom stereocenters. The predicted molar refractivity (Wildman–Crippen MR) is 327 cm³/mol. The fourth-order valence-corrected chi connectivity index (χ4v) is 21.9. The van der Waals surface area contributed by atoms with Gasteiger partial charge in [0.15, 0.2) is 0 Å². The van der Waals surface area contributed by atoms with Crippen LogP contribution < -0.4 is 21.3 Å². The molecule has 12 nitrogen and oxygen atoms in total. The minimum atomic E-state index is -0.473. The molecule has 6 aromatic rings. The van der Waals surface area contributed by atoms with Crippen LogP contribution in [0.4, 0.5) is 32.3 Å². The van der Waals surface area contributed by atoms with E-state index < -0.39 is 5.41 Å². The summed E-state index contributed by atoms with van der Waals surface area (Å²) in [7, 11) is 7.60. The number of nitrogens with one attached hydrogen (secondary N) is 4. The van der Waals surface area contributed by atoms with E-state index in [4.69, 9.17) is 9.47 Å². The number of ether oxygens (including phenoxy) is 2. The number of likely N-dealkylation sites (N-methyl/N-ethyl adjacent to an activating group) is 2. The lowest BCUT2D eigenvalue weighted by Crippen LogP contribution is -2.57. The van der Waals surface area contributed by atoms with Gasteiger partial charge >= 0.3 is 12.2 Å². The summed E-state index contributed by atoms with van der Waals surface area (Å²) in [4.78, 5) is 35.5. The highest BCUT2D eigenvalue weighted by atomic mass is 16.5. The Kier molecular flexibility index (Phi) is 11.2. The molecule has 8 heterocycles. The van der Waals surface area contributed by atoms with Crippen LogP contribution in [0.3, 0.4) is 0 Å². The van der Waals surface area contributed by atoms with Gasteiger partial charge in [-0.2, -0.15) is 0 Å². The molecule has 0 radical (unpaired) electrons. The van der Waals surface area contributed by atoms with E-state index in [-0.39, 0.29) is 59.0 Å². The maximum atomic E-state index is 13.4. The number of carbonyl (C=O) groups is 2. The minimum Gasteiger partial charge on any atom is -0.453 e. The van der Waals surface area contributed by atoms with Gasteiger partial charge in [-0.25, -0.2) is 9.59 Å². The summed E-state index contributed by atoms with van der Waals surface area (Å²) < 4.78 is 10.7. The predicted octanol–water partition coefficient (Wildman–Crippen LogP) is 12.3. The first kappa shape index (κ1) is 51.6. The van der Waals surface area contributed by atoms with E-state index in [1.54, 1.807) is 16.7 Å². The van der Waals surface area contributed by atoms with Crippen molar-refractivity contribution in [2.75, 3.05) is 75.8 Å². The molecule has 18 rings (SSSR count). The number of hydrogen-bond donors (Lipinski definition) is 4. The summed E-state index contributed by atoms with van der Waals surface area (Å²) in [6, 6.07) is 50.3. The zero-order chi connectivity index (χ0) is 55.1. The smallest absolute Gasteiger partial charge is 0.411 e. The van der Waals surface area contributed by atoms with Gasteiger partial charge in [-0.1, -0.05) is 142 Å². The van der Waals surface area contributed by atoms with Gasteiger partial charge in [0.1, 0.15) is 12.3 Å². The summed E-state index contributed by atoms with van der Waals surface area (Å²) >= 11 is 0. The van der Waals surface area contributed by atoms with Crippen molar-refractivity contribution in [1.29, 1.82) is 0 Å². The number of benzene rings is 6. The zero-order valence-electron chi connectivity index (χ0n) is 47.9. The molecule has 83 heavy (non-hydrogen) atoms. The standard InChI is InChI=1S/C36H38N4O4.C34H38N4.CH4/c1-43-32(41)39-19-17-34(25-12-5-6-15-28(25)37-30(34)39)26-13-7-14-27-29(26)38-31-36(27,18-20-40(31)33(42)44-2)35-16-8-10-23(35)21-22-9-3-4-11-24(22)35;1-37-19-17-32(25-12-5-6-15-28(25)35-30(32)37)26-13-7-14-27-29(26)36-31-34(27,18-20-38(31)2)33-16-8-10-23(33)21-22-9-3-4-11-24(22)33;/h3-7,9,11-15,23,30-31,37-38H,8,10,16-21H2,1-2H3;3-7,9,11-15,23,30-31,35-36H,8,10,16-21H2,1-2H3;1H4/t23-,30-,31-,34-,35+,36+;23-,30-,31-,32-,33+,34+;/m11./s1. The van der Waals surface area contributed by atoms with Gasteiger partial charge in [0.2, 0.25) is 0 Å². The zero-order valence-corrected chi connectivity index (χ0v) is 47.9. The Labute approximate surface area is 489 Å². The molecule has 428 valence electrons. The molecule has 4 saturated heterocycles. The first-order valence-corrected chi connectivity index (χ1v) is 30.9. The number of nitrogens with zero attached hydrogens (tertiary/aromatic N) is 4. The van der Waals surface area contributed by atoms with Gasteiger partial charge in [-0.3, -0.25) is 19.6 Å². The Morgan fingerprint density at radius 2 is 0.831 bits per heavy atom. The van der Waals surface area contributed by atoms with Crippen molar-refractivity contribution in [3.8, 4) is 0 Å². The van der Waals surface area contributed by atoms with Crippen LogP contribution in [0.25, 0.3) is 0 Å². The fraction of sp³-hybridized carbons (Fsp3) is 0.465. The third kappa shape index (κ3) is 6.05. The van der Waals surface area contributed by atoms with Crippen molar-refractivity contribution in [3.05, 3.63) is 189 Å². The number of methoxy groups -OCH3 is 2. The Balaban J connectivity index is 0.000000136. The van der Waals surface area contributed by atoms with Crippen molar-refractivity contribution in [2.45, 2.75) is 142 Å². The van der Waals surface area contributed by atoms with Crippen LogP contribution in [0.2, 0.25) is 0 Å².